The van der Waals surface area contributed by atoms with Crippen molar-refractivity contribution >= 4 is 22.5 Å². The van der Waals surface area contributed by atoms with Crippen LogP contribution in [0.15, 0.2) is 6.07 Å². The SMILES string of the molecule is CCc1nnc(NC(=O)N[C@@H](C)Cc2cc(C)[nH]n2)s1. The monoisotopic (exact) mass is 294 g/mol. The van der Waals surface area contributed by atoms with Gasteiger partial charge in [-0.05, 0) is 26.3 Å². The lowest BCUT2D eigenvalue weighted by Gasteiger charge is -2.12. The number of rotatable bonds is 5. The van der Waals surface area contributed by atoms with Crippen LogP contribution in [-0.4, -0.2) is 32.5 Å². The Morgan fingerprint density at radius 1 is 1.50 bits per heavy atom. The lowest BCUT2D eigenvalue weighted by atomic mass is 10.2. The van der Waals surface area contributed by atoms with Gasteiger partial charge < -0.3 is 5.32 Å². The molecule has 20 heavy (non-hydrogen) atoms. The number of nitrogens with one attached hydrogen (secondary N) is 3. The van der Waals surface area contributed by atoms with Crippen LogP contribution in [0.25, 0.3) is 0 Å². The van der Waals surface area contributed by atoms with Crippen LogP contribution in [0.1, 0.15) is 30.2 Å². The molecule has 8 heteroatoms. The van der Waals surface area contributed by atoms with Crippen LogP contribution in [0.3, 0.4) is 0 Å². The van der Waals surface area contributed by atoms with Gasteiger partial charge in [0.1, 0.15) is 5.01 Å². The van der Waals surface area contributed by atoms with Crippen molar-refractivity contribution in [3.63, 3.8) is 0 Å². The van der Waals surface area contributed by atoms with E-state index in [4.69, 9.17) is 0 Å². The largest absolute Gasteiger partial charge is 0.335 e. The zero-order valence-electron chi connectivity index (χ0n) is 11.7. The number of aromatic amines is 1. The first-order chi connectivity index (χ1) is 9.56. The summed E-state index contributed by atoms with van der Waals surface area (Å²) < 4.78 is 0. The van der Waals surface area contributed by atoms with Crippen molar-refractivity contribution in [2.45, 2.75) is 39.7 Å². The predicted molar refractivity (Wildman–Crippen MR) is 77.9 cm³/mol. The number of carbonyl (C=O) groups is 1. The minimum absolute atomic E-state index is 0.0173. The minimum Gasteiger partial charge on any atom is -0.335 e. The molecule has 0 aliphatic rings. The summed E-state index contributed by atoms with van der Waals surface area (Å²) in [7, 11) is 0. The van der Waals surface area contributed by atoms with Crippen molar-refractivity contribution in [1.29, 1.82) is 0 Å². The highest BCUT2D eigenvalue weighted by atomic mass is 32.1. The van der Waals surface area contributed by atoms with E-state index in [1.165, 1.54) is 11.3 Å². The Bertz CT molecular complexity index is 578. The number of nitrogens with zero attached hydrogens (tertiary/aromatic N) is 3. The van der Waals surface area contributed by atoms with Gasteiger partial charge >= 0.3 is 6.03 Å². The Morgan fingerprint density at radius 3 is 2.90 bits per heavy atom. The van der Waals surface area contributed by atoms with Crippen molar-refractivity contribution in [2.24, 2.45) is 0 Å². The minimum atomic E-state index is -0.274. The summed E-state index contributed by atoms with van der Waals surface area (Å²) in [5.41, 5.74) is 1.94. The Labute approximate surface area is 121 Å². The number of H-pyrrole nitrogens is 1. The quantitative estimate of drug-likeness (QED) is 0.784. The number of hydrogen-bond donors (Lipinski definition) is 3. The molecule has 0 saturated carbocycles. The van der Waals surface area contributed by atoms with E-state index in [0.717, 1.165) is 22.8 Å². The second-order valence-corrected chi connectivity index (χ2v) is 5.66. The van der Waals surface area contributed by atoms with Crippen LogP contribution in [0, 0.1) is 6.92 Å². The molecule has 0 aromatic carbocycles. The lowest BCUT2D eigenvalue weighted by Crippen LogP contribution is -2.37. The van der Waals surface area contributed by atoms with E-state index in [9.17, 15) is 4.79 Å². The first-order valence-electron chi connectivity index (χ1n) is 6.47. The molecule has 0 bridgehead atoms. The topological polar surface area (TPSA) is 95.6 Å². The average molecular weight is 294 g/mol. The number of aromatic nitrogens is 4. The molecule has 3 N–H and O–H groups in total. The number of hydrogen-bond acceptors (Lipinski definition) is 5. The van der Waals surface area contributed by atoms with E-state index in [-0.39, 0.29) is 12.1 Å². The molecule has 2 aromatic rings. The zero-order chi connectivity index (χ0) is 14.5. The fraction of sp³-hybridized carbons (Fsp3) is 0.500. The fourth-order valence-corrected chi connectivity index (χ4v) is 2.42. The molecule has 0 aliphatic heterocycles. The molecular formula is C12H18N6OS. The summed E-state index contributed by atoms with van der Waals surface area (Å²) in [5.74, 6) is 0. The van der Waals surface area contributed by atoms with Crippen molar-refractivity contribution in [2.75, 3.05) is 5.32 Å². The molecule has 0 fully saturated rings. The molecule has 1 atom stereocenters. The van der Waals surface area contributed by atoms with Gasteiger partial charge in [-0.15, -0.1) is 10.2 Å². The van der Waals surface area contributed by atoms with Gasteiger partial charge in [-0.1, -0.05) is 18.3 Å². The first kappa shape index (κ1) is 14.4. The molecule has 0 radical (unpaired) electrons. The third-order valence-corrected chi connectivity index (χ3v) is 3.62. The molecule has 2 amide bonds. The Morgan fingerprint density at radius 2 is 2.30 bits per heavy atom. The maximum absolute atomic E-state index is 11.8. The van der Waals surface area contributed by atoms with Gasteiger partial charge in [0, 0.05) is 18.2 Å². The molecule has 0 saturated heterocycles. The van der Waals surface area contributed by atoms with Gasteiger partial charge in [-0.3, -0.25) is 10.4 Å². The van der Waals surface area contributed by atoms with Crippen LogP contribution in [-0.2, 0) is 12.8 Å². The number of amides is 2. The van der Waals surface area contributed by atoms with E-state index in [1.807, 2.05) is 26.8 Å². The molecule has 2 aromatic heterocycles. The first-order valence-corrected chi connectivity index (χ1v) is 7.29. The Kier molecular flexibility index (Phi) is 4.67. The molecule has 0 unspecified atom stereocenters. The standard InChI is InChI=1S/C12H18N6OS/c1-4-10-17-18-12(20-10)14-11(19)13-7(2)5-9-6-8(3)15-16-9/h6-7H,4-5H2,1-3H3,(H,15,16)(H2,13,14,18,19)/t7-/m0/s1. The highest BCUT2D eigenvalue weighted by Crippen LogP contribution is 2.15. The van der Waals surface area contributed by atoms with Crippen LogP contribution < -0.4 is 10.6 Å². The Hall–Kier alpha value is -1.96. The molecule has 2 rings (SSSR count). The number of urea groups is 1. The van der Waals surface area contributed by atoms with Crippen molar-refractivity contribution in [3.8, 4) is 0 Å². The average Bonchev–Trinajstić information content (AvgIpc) is 2.98. The number of aryl methyl sites for hydroxylation is 2. The van der Waals surface area contributed by atoms with E-state index in [1.54, 1.807) is 0 Å². The summed E-state index contributed by atoms with van der Waals surface area (Å²) in [6.07, 6.45) is 1.49. The van der Waals surface area contributed by atoms with E-state index >= 15 is 0 Å². The third kappa shape index (κ3) is 4.02. The molecule has 2 heterocycles. The maximum Gasteiger partial charge on any atom is 0.321 e. The number of carbonyl (C=O) groups excluding carboxylic acids is 1. The summed E-state index contributed by atoms with van der Waals surface area (Å²) in [6.45, 7) is 5.88. The summed E-state index contributed by atoms with van der Waals surface area (Å²) in [4.78, 5) is 11.8. The second-order valence-electron chi connectivity index (χ2n) is 4.60. The molecule has 7 nitrogen and oxygen atoms in total. The van der Waals surface area contributed by atoms with Crippen LogP contribution in [0.5, 0.6) is 0 Å². The summed E-state index contributed by atoms with van der Waals surface area (Å²) >= 11 is 1.38. The molecule has 0 aliphatic carbocycles. The smallest absolute Gasteiger partial charge is 0.321 e. The van der Waals surface area contributed by atoms with Crippen LogP contribution in [0.2, 0.25) is 0 Å². The zero-order valence-corrected chi connectivity index (χ0v) is 12.5. The predicted octanol–water partition coefficient (Wildman–Crippen LogP) is 1.88. The normalized spacial score (nSPS) is 12.2. The van der Waals surface area contributed by atoms with Gasteiger partial charge in [-0.25, -0.2) is 4.79 Å². The molecule has 108 valence electrons. The van der Waals surface area contributed by atoms with Gasteiger partial charge in [0.15, 0.2) is 0 Å². The van der Waals surface area contributed by atoms with E-state index in [0.29, 0.717) is 11.6 Å². The fourth-order valence-electron chi connectivity index (χ4n) is 1.75. The molecule has 0 spiro atoms. The van der Waals surface area contributed by atoms with Crippen molar-refractivity contribution < 1.29 is 4.79 Å². The van der Waals surface area contributed by atoms with Gasteiger partial charge in [0.05, 0.1) is 5.69 Å². The van der Waals surface area contributed by atoms with Gasteiger partial charge in [-0.2, -0.15) is 5.10 Å². The highest BCUT2D eigenvalue weighted by molar-refractivity contribution is 7.15. The summed E-state index contributed by atoms with van der Waals surface area (Å²) in [6, 6.07) is 1.67. The van der Waals surface area contributed by atoms with Crippen LogP contribution >= 0.6 is 11.3 Å². The number of anilines is 1. The Balaban J connectivity index is 1.81. The van der Waals surface area contributed by atoms with Gasteiger partial charge in [0.2, 0.25) is 5.13 Å². The van der Waals surface area contributed by atoms with E-state index in [2.05, 4.69) is 31.0 Å². The highest BCUT2D eigenvalue weighted by Gasteiger charge is 2.11. The maximum atomic E-state index is 11.8. The summed E-state index contributed by atoms with van der Waals surface area (Å²) in [5, 5.41) is 21.8. The van der Waals surface area contributed by atoms with Gasteiger partial charge in [0.25, 0.3) is 0 Å². The third-order valence-electron chi connectivity index (χ3n) is 2.64. The molecular weight excluding hydrogens is 276 g/mol. The lowest BCUT2D eigenvalue weighted by molar-refractivity contribution is 0.249. The second kappa shape index (κ2) is 6.47. The van der Waals surface area contributed by atoms with Crippen molar-refractivity contribution in [1.82, 2.24) is 25.7 Å². The van der Waals surface area contributed by atoms with Crippen LogP contribution in [0.4, 0.5) is 9.93 Å². The van der Waals surface area contributed by atoms with Crippen molar-refractivity contribution in [3.05, 3.63) is 22.5 Å². The van der Waals surface area contributed by atoms with E-state index < -0.39 is 0 Å².